The van der Waals surface area contributed by atoms with E-state index in [1.54, 1.807) is 12.1 Å². The summed E-state index contributed by atoms with van der Waals surface area (Å²) in [5, 5.41) is 1.48. The Balaban J connectivity index is 2.54. The van der Waals surface area contributed by atoms with Crippen LogP contribution < -0.4 is 10.4 Å². The van der Waals surface area contributed by atoms with Gasteiger partial charge in [-0.1, -0.05) is 21.9 Å². The van der Waals surface area contributed by atoms with Crippen LogP contribution in [0.15, 0.2) is 33.5 Å². The maximum atomic E-state index is 11.3. The summed E-state index contributed by atoms with van der Waals surface area (Å²) in [7, 11) is 0. The van der Waals surface area contributed by atoms with Gasteiger partial charge in [-0.15, -0.1) is 6.42 Å². The molecule has 0 saturated carbocycles. The Morgan fingerprint density at radius 1 is 1.41 bits per heavy atom. The third-order valence-electron chi connectivity index (χ3n) is 2.27. The summed E-state index contributed by atoms with van der Waals surface area (Å²) in [5.74, 6) is 2.96. The van der Waals surface area contributed by atoms with Gasteiger partial charge in [0.05, 0.1) is 0 Å². The van der Waals surface area contributed by atoms with Crippen molar-refractivity contribution < 1.29 is 9.15 Å². The third-order valence-corrected chi connectivity index (χ3v) is 2.87. The topological polar surface area (TPSA) is 39.4 Å². The molecule has 1 heterocycles. The lowest BCUT2D eigenvalue weighted by Gasteiger charge is -2.05. The predicted molar refractivity (Wildman–Crippen MR) is 69.4 cm³/mol. The first-order valence-electron chi connectivity index (χ1n) is 4.93. The van der Waals surface area contributed by atoms with E-state index >= 15 is 0 Å². The van der Waals surface area contributed by atoms with Gasteiger partial charge in [0.25, 0.3) is 0 Å². The van der Waals surface area contributed by atoms with Crippen molar-refractivity contribution in [3.63, 3.8) is 0 Å². The molecule has 2 aromatic rings. The number of benzene rings is 1. The first-order valence-corrected chi connectivity index (χ1v) is 6.06. The molecule has 0 spiro atoms. The second kappa shape index (κ2) is 5.07. The molecule has 0 aliphatic heterocycles. The summed E-state index contributed by atoms with van der Waals surface area (Å²) in [6.45, 7) is 0.188. The zero-order chi connectivity index (χ0) is 12.3. The Bertz CT molecular complexity index is 637. The number of terminal acetylenes is 1. The Labute approximate surface area is 107 Å². The molecular weight excluding hydrogens is 284 g/mol. The number of halogens is 1. The van der Waals surface area contributed by atoms with Gasteiger partial charge < -0.3 is 9.15 Å². The van der Waals surface area contributed by atoms with Crippen molar-refractivity contribution in [1.29, 1.82) is 0 Å². The van der Waals surface area contributed by atoms with E-state index in [4.69, 9.17) is 15.6 Å². The quantitative estimate of drug-likeness (QED) is 0.496. The van der Waals surface area contributed by atoms with E-state index in [0.29, 0.717) is 16.7 Å². The van der Waals surface area contributed by atoms with Gasteiger partial charge in [0, 0.05) is 22.8 Å². The van der Waals surface area contributed by atoms with Crippen LogP contribution in [0, 0.1) is 12.3 Å². The van der Waals surface area contributed by atoms with E-state index in [-0.39, 0.29) is 12.2 Å². The van der Waals surface area contributed by atoms with Crippen molar-refractivity contribution in [1.82, 2.24) is 0 Å². The van der Waals surface area contributed by atoms with Gasteiger partial charge >= 0.3 is 5.63 Å². The molecule has 0 radical (unpaired) electrons. The van der Waals surface area contributed by atoms with E-state index in [1.807, 2.05) is 6.07 Å². The zero-order valence-corrected chi connectivity index (χ0v) is 10.5. The highest BCUT2D eigenvalue weighted by molar-refractivity contribution is 9.08. The predicted octanol–water partition coefficient (Wildman–Crippen LogP) is 2.70. The van der Waals surface area contributed by atoms with Crippen LogP contribution in [0.5, 0.6) is 5.75 Å². The second-order valence-electron chi connectivity index (χ2n) is 3.38. The Morgan fingerprint density at radius 2 is 2.24 bits per heavy atom. The fraction of sp³-hybridized carbons (Fsp3) is 0.154. The molecule has 0 aliphatic carbocycles. The van der Waals surface area contributed by atoms with Crippen LogP contribution >= 0.6 is 15.9 Å². The molecule has 0 saturated heterocycles. The minimum absolute atomic E-state index is 0.188. The van der Waals surface area contributed by atoms with Crippen LogP contribution in [0.4, 0.5) is 0 Å². The van der Waals surface area contributed by atoms with Crippen molar-refractivity contribution in [2.75, 3.05) is 6.61 Å². The first-order chi connectivity index (χ1) is 8.24. The summed E-state index contributed by atoms with van der Waals surface area (Å²) in [6.07, 6.45) is 5.10. The van der Waals surface area contributed by atoms with Gasteiger partial charge in [0.2, 0.25) is 0 Å². The molecule has 0 fully saturated rings. The SMILES string of the molecule is C#CCOc1ccc2c(CBr)cc(=O)oc2c1. The normalized spacial score (nSPS) is 10.1. The smallest absolute Gasteiger partial charge is 0.336 e. The molecule has 17 heavy (non-hydrogen) atoms. The molecule has 1 aromatic carbocycles. The summed E-state index contributed by atoms with van der Waals surface area (Å²) in [6, 6.07) is 6.78. The standard InChI is InChI=1S/C13H9BrO3/c1-2-5-16-10-3-4-11-9(8-14)6-13(15)17-12(11)7-10/h1,3-4,6-7H,5,8H2. The fourth-order valence-electron chi connectivity index (χ4n) is 1.54. The van der Waals surface area contributed by atoms with Gasteiger partial charge in [0.15, 0.2) is 0 Å². The Morgan fingerprint density at radius 3 is 2.94 bits per heavy atom. The molecule has 0 amide bonds. The molecular formula is C13H9BrO3. The van der Waals surface area contributed by atoms with Gasteiger partial charge in [-0.05, 0) is 17.7 Å². The molecule has 0 bridgehead atoms. The number of hydrogen-bond acceptors (Lipinski definition) is 3. The number of fused-ring (bicyclic) bond motifs is 1. The van der Waals surface area contributed by atoms with Gasteiger partial charge in [-0.3, -0.25) is 0 Å². The molecule has 3 nitrogen and oxygen atoms in total. The van der Waals surface area contributed by atoms with Crippen molar-refractivity contribution in [2.24, 2.45) is 0 Å². The summed E-state index contributed by atoms with van der Waals surface area (Å²) >= 11 is 3.33. The van der Waals surface area contributed by atoms with Crippen LogP contribution in [0.25, 0.3) is 11.0 Å². The number of hydrogen-bond donors (Lipinski definition) is 0. The van der Waals surface area contributed by atoms with Crippen molar-refractivity contribution in [3.8, 4) is 18.1 Å². The van der Waals surface area contributed by atoms with Gasteiger partial charge in [-0.2, -0.15) is 0 Å². The van der Waals surface area contributed by atoms with E-state index in [2.05, 4.69) is 21.9 Å². The molecule has 0 atom stereocenters. The average Bonchev–Trinajstić information content (AvgIpc) is 2.34. The Hall–Kier alpha value is -1.73. The van der Waals surface area contributed by atoms with E-state index < -0.39 is 0 Å². The molecule has 1 aromatic heterocycles. The highest BCUT2D eigenvalue weighted by atomic mass is 79.9. The van der Waals surface area contributed by atoms with Crippen molar-refractivity contribution in [2.45, 2.75) is 5.33 Å². The molecule has 0 N–H and O–H groups in total. The highest BCUT2D eigenvalue weighted by Crippen LogP contribution is 2.23. The average molecular weight is 293 g/mol. The highest BCUT2D eigenvalue weighted by Gasteiger charge is 2.05. The molecule has 2 rings (SSSR count). The van der Waals surface area contributed by atoms with E-state index in [1.165, 1.54) is 6.07 Å². The number of ether oxygens (including phenoxy) is 1. The molecule has 86 valence electrons. The monoisotopic (exact) mass is 292 g/mol. The lowest BCUT2D eigenvalue weighted by atomic mass is 10.1. The van der Waals surface area contributed by atoms with Gasteiger partial charge in [-0.25, -0.2) is 4.79 Å². The Kier molecular flexibility index (Phi) is 3.50. The fourth-order valence-corrected chi connectivity index (χ4v) is 2.00. The largest absolute Gasteiger partial charge is 0.481 e. The maximum Gasteiger partial charge on any atom is 0.336 e. The van der Waals surface area contributed by atoms with Crippen LogP contribution in [0.2, 0.25) is 0 Å². The second-order valence-corrected chi connectivity index (χ2v) is 3.94. The van der Waals surface area contributed by atoms with Crippen LogP contribution in [-0.4, -0.2) is 6.61 Å². The molecule has 0 unspecified atom stereocenters. The minimum atomic E-state index is -0.374. The van der Waals surface area contributed by atoms with Crippen molar-refractivity contribution >= 4 is 26.9 Å². The summed E-state index contributed by atoms with van der Waals surface area (Å²) < 4.78 is 10.4. The van der Waals surface area contributed by atoms with Crippen LogP contribution in [0.3, 0.4) is 0 Å². The molecule has 4 heteroatoms. The third kappa shape index (κ3) is 2.51. The van der Waals surface area contributed by atoms with E-state index in [9.17, 15) is 4.79 Å². The van der Waals surface area contributed by atoms with Crippen molar-refractivity contribution in [3.05, 3.63) is 40.2 Å². The lowest BCUT2D eigenvalue weighted by Crippen LogP contribution is -2.00. The van der Waals surface area contributed by atoms with Crippen LogP contribution in [-0.2, 0) is 5.33 Å². The van der Waals surface area contributed by atoms with Gasteiger partial charge in [0.1, 0.15) is 17.9 Å². The van der Waals surface area contributed by atoms with Crippen LogP contribution in [0.1, 0.15) is 5.56 Å². The summed E-state index contributed by atoms with van der Waals surface area (Å²) in [5.41, 5.74) is 1.02. The minimum Gasteiger partial charge on any atom is -0.481 e. The van der Waals surface area contributed by atoms with E-state index in [0.717, 1.165) is 10.9 Å². The maximum absolute atomic E-state index is 11.3. The number of rotatable bonds is 3. The molecule has 0 aliphatic rings. The number of alkyl halides is 1. The summed E-state index contributed by atoms with van der Waals surface area (Å²) in [4.78, 5) is 11.3. The lowest BCUT2D eigenvalue weighted by molar-refractivity contribution is 0.370. The first kappa shape index (κ1) is 11.7. The zero-order valence-electron chi connectivity index (χ0n) is 8.90.